The first kappa shape index (κ1) is 17.7. The average Bonchev–Trinajstić information content (AvgIpc) is 3.13. The van der Waals surface area contributed by atoms with E-state index in [0.29, 0.717) is 12.3 Å². The number of benzene rings is 2. The summed E-state index contributed by atoms with van der Waals surface area (Å²) >= 11 is 0. The highest BCUT2D eigenvalue weighted by Crippen LogP contribution is 2.13. The van der Waals surface area contributed by atoms with E-state index in [9.17, 15) is 4.79 Å². The molecule has 0 saturated carbocycles. The molecule has 3 aromatic rings. The molecule has 0 aliphatic carbocycles. The Morgan fingerprint density at radius 1 is 1.15 bits per heavy atom. The SMILES string of the molecule is Cc1ccc(OC(C)C(=O)NCCc2cnn(-c3ccccc3)c2)cc1. The summed E-state index contributed by atoms with van der Waals surface area (Å²) in [6.07, 6.45) is 3.99. The molecule has 0 saturated heterocycles. The normalized spacial score (nSPS) is 11.8. The molecule has 1 heterocycles. The Morgan fingerprint density at radius 3 is 2.62 bits per heavy atom. The quantitative estimate of drug-likeness (QED) is 0.712. The van der Waals surface area contributed by atoms with Gasteiger partial charge in [-0.3, -0.25) is 4.79 Å². The van der Waals surface area contributed by atoms with Gasteiger partial charge in [0, 0.05) is 12.7 Å². The van der Waals surface area contributed by atoms with Crippen LogP contribution in [0.2, 0.25) is 0 Å². The Labute approximate surface area is 153 Å². The summed E-state index contributed by atoms with van der Waals surface area (Å²) < 4.78 is 7.50. The van der Waals surface area contributed by atoms with Crippen LogP contribution in [0.3, 0.4) is 0 Å². The van der Waals surface area contributed by atoms with Gasteiger partial charge in [0.1, 0.15) is 5.75 Å². The minimum absolute atomic E-state index is 0.124. The van der Waals surface area contributed by atoms with Crippen LogP contribution in [0, 0.1) is 6.92 Å². The zero-order chi connectivity index (χ0) is 18.4. The van der Waals surface area contributed by atoms with Gasteiger partial charge in [-0.15, -0.1) is 0 Å². The molecule has 0 aliphatic rings. The highest BCUT2D eigenvalue weighted by atomic mass is 16.5. The molecule has 0 fully saturated rings. The van der Waals surface area contributed by atoms with Crippen molar-refractivity contribution < 1.29 is 9.53 Å². The lowest BCUT2D eigenvalue weighted by atomic mass is 10.2. The summed E-state index contributed by atoms with van der Waals surface area (Å²) in [5.74, 6) is 0.573. The van der Waals surface area contributed by atoms with Crippen molar-refractivity contribution in [1.29, 1.82) is 0 Å². The van der Waals surface area contributed by atoms with Gasteiger partial charge in [0.2, 0.25) is 0 Å². The Bertz CT molecular complexity index is 841. The predicted octanol–water partition coefficient (Wildman–Crippen LogP) is 3.31. The number of aromatic nitrogens is 2. The second kappa shape index (κ2) is 8.34. The van der Waals surface area contributed by atoms with Crippen LogP contribution in [-0.2, 0) is 11.2 Å². The molecule has 1 unspecified atom stereocenters. The number of hydrogen-bond acceptors (Lipinski definition) is 3. The van der Waals surface area contributed by atoms with Crippen LogP contribution in [0.4, 0.5) is 0 Å². The third kappa shape index (κ3) is 4.72. The number of aryl methyl sites for hydroxylation is 1. The second-order valence-electron chi connectivity index (χ2n) is 6.24. The minimum atomic E-state index is -0.537. The van der Waals surface area contributed by atoms with Gasteiger partial charge in [0.05, 0.1) is 11.9 Å². The van der Waals surface area contributed by atoms with Gasteiger partial charge >= 0.3 is 0 Å². The zero-order valence-corrected chi connectivity index (χ0v) is 15.1. The summed E-state index contributed by atoms with van der Waals surface area (Å²) in [5.41, 5.74) is 3.25. The van der Waals surface area contributed by atoms with Crippen LogP contribution in [0.25, 0.3) is 5.69 Å². The maximum absolute atomic E-state index is 12.2. The maximum Gasteiger partial charge on any atom is 0.260 e. The Morgan fingerprint density at radius 2 is 1.88 bits per heavy atom. The molecule has 1 amide bonds. The number of nitrogens with zero attached hydrogens (tertiary/aromatic N) is 2. The lowest BCUT2D eigenvalue weighted by Gasteiger charge is -2.14. The number of carbonyl (C=O) groups excluding carboxylic acids is 1. The highest BCUT2D eigenvalue weighted by molar-refractivity contribution is 5.80. The standard InChI is InChI=1S/C21H23N3O2/c1-16-8-10-20(11-9-16)26-17(2)21(25)22-13-12-18-14-23-24(15-18)19-6-4-3-5-7-19/h3-11,14-15,17H,12-13H2,1-2H3,(H,22,25). The molecular weight excluding hydrogens is 326 g/mol. The van der Waals surface area contributed by atoms with E-state index in [1.807, 2.05) is 78.6 Å². The molecule has 5 heteroatoms. The van der Waals surface area contributed by atoms with E-state index >= 15 is 0 Å². The fourth-order valence-corrected chi connectivity index (χ4v) is 2.56. The van der Waals surface area contributed by atoms with Gasteiger partial charge in [-0.2, -0.15) is 5.10 Å². The van der Waals surface area contributed by atoms with Gasteiger partial charge in [-0.1, -0.05) is 35.9 Å². The van der Waals surface area contributed by atoms with E-state index in [2.05, 4.69) is 10.4 Å². The number of carbonyl (C=O) groups is 1. The highest BCUT2D eigenvalue weighted by Gasteiger charge is 2.14. The lowest BCUT2D eigenvalue weighted by molar-refractivity contribution is -0.127. The van der Waals surface area contributed by atoms with E-state index in [-0.39, 0.29) is 5.91 Å². The first-order valence-electron chi connectivity index (χ1n) is 8.72. The predicted molar refractivity (Wildman–Crippen MR) is 102 cm³/mol. The fourth-order valence-electron chi connectivity index (χ4n) is 2.56. The summed E-state index contributed by atoms with van der Waals surface area (Å²) in [6, 6.07) is 17.6. The number of rotatable bonds is 7. The van der Waals surface area contributed by atoms with Crippen LogP contribution in [0.1, 0.15) is 18.1 Å². The summed E-state index contributed by atoms with van der Waals surface area (Å²) in [6.45, 7) is 4.31. The first-order chi connectivity index (χ1) is 12.6. The second-order valence-corrected chi connectivity index (χ2v) is 6.24. The van der Waals surface area contributed by atoms with Crippen molar-refractivity contribution in [3.05, 3.63) is 78.1 Å². The number of nitrogens with one attached hydrogen (secondary N) is 1. The van der Waals surface area contributed by atoms with Crippen LogP contribution in [0.5, 0.6) is 5.75 Å². The number of hydrogen-bond donors (Lipinski definition) is 1. The molecular formula is C21H23N3O2. The van der Waals surface area contributed by atoms with Crippen LogP contribution in [0.15, 0.2) is 67.0 Å². The lowest BCUT2D eigenvalue weighted by Crippen LogP contribution is -2.37. The molecule has 1 aromatic heterocycles. The zero-order valence-electron chi connectivity index (χ0n) is 15.1. The minimum Gasteiger partial charge on any atom is -0.481 e. The van der Waals surface area contributed by atoms with Crippen molar-refractivity contribution in [2.45, 2.75) is 26.4 Å². The summed E-state index contributed by atoms with van der Waals surface area (Å²) in [7, 11) is 0. The summed E-state index contributed by atoms with van der Waals surface area (Å²) in [4.78, 5) is 12.2. The van der Waals surface area contributed by atoms with Crippen molar-refractivity contribution in [3.63, 3.8) is 0 Å². The number of amides is 1. The molecule has 0 bridgehead atoms. The monoisotopic (exact) mass is 349 g/mol. The van der Waals surface area contributed by atoms with Crippen molar-refractivity contribution in [2.24, 2.45) is 0 Å². The van der Waals surface area contributed by atoms with Gasteiger partial charge in [-0.05, 0) is 50.1 Å². The maximum atomic E-state index is 12.2. The van der Waals surface area contributed by atoms with E-state index in [1.54, 1.807) is 6.92 Å². The molecule has 0 radical (unpaired) electrons. The molecule has 5 nitrogen and oxygen atoms in total. The van der Waals surface area contributed by atoms with Crippen molar-refractivity contribution in [2.75, 3.05) is 6.54 Å². The van der Waals surface area contributed by atoms with Gasteiger partial charge in [-0.25, -0.2) is 4.68 Å². The van der Waals surface area contributed by atoms with Gasteiger partial charge in [0.25, 0.3) is 5.91 Å². The molecule has 0 spiro atoms. The smallest absolute Gasteiger partial charge is 0.260 e. The Hall–Kier alpha value is -3.08. The molecule has 134 valence electrons. The molecule has 1 N–H and O–H groups in total. The number of para-hydroxylation sites is 1. The average molecular weight is 349 g/mol. The molecule has 3 rings (SSSR count). The van der Waals surface area contributed by atoms with E-state index in [4.69, 9.17) is 4.74 Å². The largest absolute Gasteiger partial charge is 0.481 e. The molecule has 2 aromatic carbocycles. The molecule has 26 heavy (non-hydrogen) atoms. The van der Waals surface area contributed by atoms with E-state index < -0.39 is 6.10 Å². The first-order valence-corrected chi connectivity index (χ1v) is 8.72. The van der Waals surface area contributed by atoms with Crippen molar-refractivity contribution in [3.8, 4) is 11.4 Å². The molecule has 1 atom stereocenters. The van der Waals surface area contributed by atoms with Crippen LogP contribution < -0.4 is 10.1 Å². The number of ether oxygens (including phenoxy) is 1. The third-order valence-electron chi connectivity index (χ3n) is 4.07. The van der Waals surface area contributed by atoms with E-state index in [1.165, 1.54) is 0 Å². The Balaban J connectivity index is 1.46. The fraction of sp³-hybridized carbons (Fsp3) is 0.238. The topological polar surface area (TPSA) is 56.1 Å². The van der Waals surface area contributed by atoms with Gasteiger partial charge in [0.15, 0.2) is 6.10 Å². The van der Waals surface area contributed by atoms with Crippen molar-refractivity contribution >= 4 is 5.91 Å². The van der Waals surface area contributed by atoms with Crippen molar-refractivity contribution in [1.82, 2.24) is 15.1 Å². The Kier molecular flexibility index (Phi) is 5.69. The van der Waals surface area contributed by atoms with Crippen LogP contribution in [-0.4, -0.2) is 28.3 Å². The molecule has 0 aliphatic heterocycles. The third-order valence-corrected chi connectivity index (χ3v) is 4.07. The van der Waals surface area contributed by atoms with Crippen LogP contribution >= 0.6 is 0 Å². The van der Waals surface area contributed by atoms with Gasteiger partial charge < -0.3 is 10.1 Å². The summed E-state index contributed by atoms with van der Waals surface area (Å²) in [5, 5.41) is 7.27. The van der Waals surface area contributed by atoms with E-state index in [0.717, 1.165) is 23.2 Å².